The molecule has 4 rings (SSSR count). The zero-order valence-electron chi connectivity index (χ0n) is 28.4. The molecule has 0 aromatic heterocycles. The second kappa shape index (κ2) is 17.3. The minimum absolute atomic E-state index is 0.00427. The molecule has 0 bridgehead atoms. The van der Waals surface area contributed by atoms with E-state index in [1.54, 1.807) is 21.9 Å². The van der Waals surface area contributed by atoms with Gasteiger partial charge in [0.2, 0.25) is 0 Å². The third-order valence-corrected chi connectivity index (χ3v) is 7.09. The molecule has 13 heteroatoms. The van der Waals surface area contributed by atoms with Gasteiger partial charge >= 0.3 is 12.2 Å². The fraction of sp³-hybridized carbons (Fsp3) is 0.529. The van der Waals surface area contributed by atoms with Gasteiger partial charge < -0.3 is 29.5 Å². The molecule has 2 saturated heterocycles. The van der Waals surface area contributed by atoms with Crippen LogP contribution >= 0.6 is 15.9 Å². The lowest BCUT2D eigenvalue weighted by molar-refractivity contribution is 0.0197. The van der Waals surface area contributed by atoms with Crippen LogP contribution in [-0.2, 0) is 9.47 Å². The number of nitrogens with zero attached hydrogens (tertiary/aromatic N) is 5. The van der Waals surface area contributed by atoms with E-state index in [1.165, 1.54) is 24.3 Å². The third kappa shape index (κ3) is 14.2. The molecule has 0 aliphatic carbocycles. The number of piperazine rings is 2. The molecule has 2 aromatic rings. The lowest BCUT2D eigenvalue weighted by Gasteiger charge is -2.41. The number of rotatable bonds is 1. The monoisotopic (exact) mass is 718 g/mol. The number of amides is 2. The van der Waals surface area contributed by atoms with Gasteiger partial charge in [-0.2, -0.15) is 10.5 Å². The van der Waals surface area contributed by atoms with Gasteiger partial charge in [-0.1, -0.05) is 15.9 Å². The highest BCUT2D eigenvalue weighted by molar-refractivity contribution is 9.10. The van der Waals surface area contributed by atoms with Gasteiger partial charge in [0, 0.05) is 61.5 Å². The van der Waals surface area contributed by atoms with Crippen LogP contribution in [0.15, 0.2) is 40.9 Å². The Morgan fingerprint density at radius 1 is 0.809 bits per heavy atom. The van der Waals surface area contributed by atoms with Gasteiger partial charge in [-0.05, 0) is 91.8 Å². The second-order valence-electron chi connectivity index (χ2n) is 13.3. The maximum absolute atomic E-state index is 13.6. The molecule has 0 spiro atoms. The molecular weight excluding hydrogens is 674 g/mol. The fourth-order valence-electron chi connectivity index (χ4n) is 4.68. The van der Waals surface area contributed by atoms with E-state index in [0.29, 0.717) is 47.0 Å². The molecule has 2 amide bonds. The van der Waals surface area contributed by atoms with Crippen LogP contribution < -0.4 is 10.2 Å². The Morgan fingerprint density at radius 3 is 1.79 bits per heavy atom. The van der Waals surface area contributed by atoms with Crippen LogP contribution in [0.25, 0.3) is 0 Å². The zero-order valence-corrected chi connectivity index (χ0v) is 30.0. The zero-order chi connectivity index (χ0) is 35.5. The number of ether oxygens (including phenoxy) is 2. The Balaban J connectivity index is 0.000000271. The third-order valence-electron chi connectivity index (χ3n) is 6.63. The molecule has 0 saturated carbocycles. The summed E-state index contributed by atoms with van der Waals surface area (Å²) >= 11 is 3.06. The van der Waals surface area contributed by atoms with Crippen molar-refractivity contribution in [2.75, 3.05) is 44.2 Å². The van der Waals surface area contributed by atoms with Gasteiger partial charge in [-0.15, -0.1) is 0 Å². The maximum atomic E-state index is 13.6. The molecule has 10 nitrogen and oxygen atoms in total. The Morgan fingerprint density at radius 2 is 1.32 bits per heavy atom. The van der Waals surface area contributed by atoms with E-state index >= 15 is 0 Å². The van der Waals surface area contributed by atoms with Crippen LogP contribution in [-0.4, -0.2) is 84.5 Å². The number of nitriles is 2. The molecule has 2 aliphatic heterocycles. The summed E-state index contributed by atoms with van der Waals surface area (Å²) in [6.07, 6.45) is -0.535. The van der Waals surface area contributed by atoms with Crippen molar-refractivity contribution in [3.05, 3.63) is 63.6 Å². The highest BCUT2D eigenvalue weighted by Crippen LogP contribution is 2.24. The number of nitrogens with one attached hydrogen (secondary N) is 1. The Labute approximate surface area is 285 Å². The summed E-state index contributed by atoms with van der Waals surface area (Å²) in [5.41, 5.74) is 0.360. The summed E-state index contributed by atoms with van der Waals surface area (Å²) < 4.78 is 37.3. The van der Waals surface area contributed by atoms with Gasteiger partial charge in [0.15, 0.2) is 0 Å². The summed E-state index contributed by atoms with van der Waals surface area (Å²) in [6, 6.07) is 12.5. The highest BCUT2D eigenvalue weighted by Gasteiger charge is 2.30. The van der Waals surface area contributed by atoms with E-state index in [9.17, 15) is 18.4 Å². The van der Waals surface area contributed by atoms with Crippen molar-refractivity contribution in [1.29, 1.82) is 10.5 Å². The predicted octanol–water partition coefficient (Wildman–Crippen LogP) is 6.82. The lowest BCUT2D eigenvalue weighted by Crippen LogP contribution is -2.54. The average molecular weight is 720 g/mol. The van der Waals surface area contributed by atoms with Crippen LogP contribution in [0.3, 0.4) is 0 Å². The van der Waals surface area contributed by atoms with Crippen molar-refractivity contribution >= 4 is 33.8 Å². The molecule has 0 radical (unpaired) electrons. The van der Waals surface area contributed by atoms with Gasteiger partial charge in [-0.3, -0.25) is 0 Å². The molecule has 2 atom stereocenters. The lowest BCUT2D eigenvalue weighted by atomic mass is 10.1. The van der Waals surface area contributed by atoms with Crippen molar-refractivity contribution in [3.63, 3.8) is 0 Å². The number of carbonyl (C=O) groups excluding carboxylic acids is 2. The molecule has 2 aliphatic rings. The average Bonchev–Trinajstić information content (AvgIpc) is 2.95. The number of benzene rings is 2. The first-order valence-corrected chi connectivity index (χ1v) is 16.1. The smallest absolute Gasteiger partial charge is 0.410 e. The number of anilines is 1. The number of hydrogen-bond acceptors (Lipinski definition) is 8. The molecule has 2 heterocycles. The van der Waals surface area contributed by atoms with Gasteiger partial charge in [0.25, 0.3) is 0 Å². The molecule has 1 N–H and O–H groups in total. The van der Waals surface area contributed by atoms with Crippen molar-refractivity contribution in [2.45, 2.75) is 78.7 Å². The molecule has 256 valence electrons. The quantitative estimate of drug-likeness (QED) is 0.341. The SMILES string of the molecule is C[C@H]1CN(C(=O)OC(C)(C)C)CCN1.C[C@H]1CN(C(=O)OC(C)(C)C)CCN1c1cc(F)cc(C#N)c1.N#Cc1cc(F)cc(Br)c1. The molecule has 47 heavy (non-hydrogen) atoms. The molecule has 2 aromatic carbocycles. The van der Waals surface area contributed by atoms with Crippen molar-refractivity contribution in [1.82, 2.24) is 15.1 Å². The first-order chi connectivity index (χ1) is 21.8. The van der Waals surface area contributed by atoms with E-state index in [2.05, 4.69) is 28.2 Å². The van der Waals surface area contributed by atoms with Gasteiger partial charge in [-0.25, -0.2) is 18.4 Å². The molecule has 0 unspecified atom stereocenters. The topological polar surface area (TPSA) is 122 Å². The first-order valence-electron chi connectivity index (χ1n) is 15.3. The summed E-state index contributed by atoms with van der Waals surface area (Å²) in [5.74, 6) is -0.827. The minimum Gasteiger partial charge on any atom is -0.444 e. The van der Waals surface area contributed by atoms with Crippen LogP contribution in [0.1, 0.15) is 66.5 Å². The van der Waals surface area contributed by atoms with Crippen molar-refractivity contribution < 1.29 is 27.8 Å². The number of halogens is 3. The van der Waals surface area contributed by atoms with Crippen molar-refractivity contribution in [2.24, 2.45) is 0 Å². The molecule has 2 fully saturated rings. The van der Waals surface area contributed by atoms with Gasteiger partial charge in [0.1, 0.15) is 22.8 Å². The Bertz CT molecular complexity index is 1440. The Kier molecular flexibility index (Phi) is 14.4. The van der Waals surface area contributed by atoms with Crippen LogP contribution in [0.4, 0.5) is 24.1 Å². The largest absolute Gasteiger partial charge is 0.444 e. The predicted molar refractivity (Wildman–Crippen MR) is 180 cm³/mol. The van der Waals surface area contributed by atoms with E-state index in [-0.39, 0.29) is 18.2 Å². The maximum Gasteiger partial charge on any atom is 0.410 e. The van der Waals surface area contributed by atoms with Crippen LogP contribution in [0.5, 0.6) is 0 Å². The van der Waals surface area contributed by atoms with E-state index in [0.717, 1.165) is 19.6 Å². The number of hydrogen-bond donors (Lipinski definition) is 1. The number of carbonyl (C=O) groups is 2. The van der Waals surface area contributed by atoms with Crippen LogP contribution in [0, 0.1) is 34.3 Å². The summed E-state index contributed by atoms with van der Waals surface area (Å²) in [5, 5.41) is 20.6. The van der Waals surface area contributed by atoms with E-state index in [1.807, 2.05) is 65.5 Å². The Hall–Kier alpha value is -3.94. The highest BCUT2D eigenvalue weighted by atomic mass is 79.9. The summed E-state index contributed by atoms with van der Waals surface area (Å²) in [7, 11) is 0. The van der Waals surface area contributed by atoms with Crippen LogP contribution in [0.2, 0.25) is 0 Å². The van der Waals surface area contributed by atoms with Gasteiger partial charge in [0.05, 0.1) is 23.3 Å². The fourth-order valence-corrected chi connectivity index (χ4v) is 5.15. The van der Waals surface area contributed by atoms with E-state index in [4.69, 9.17) is 20.0 Å². The normalized spacial score (nSPS) is 17.9. The second-order valence-corrected chi connectivity index (χ2v) is 14.2. The standard InChI is InChI=1S/C17H22FN3O2.C10H20N2O2.C7H3BrFN/c1-12-11-20(16(22)23-17(2,3)4)5-6-21(12)15-8-13(10-19)7-14(18)9-15;1-8-7-12(6-5-11-8)9(13)14-10(2,3)4;8-6-1-5(4-10)2-7(9)3-6/h7-9,12H,5-6,11H2,1-4H3;8,11H,5-7H2,1-4H3;1-3H/t12-;8-;/m00./s1. The summed E-state index contributed by atoms with van der Waals surface area (Å²) in [6.45, 7) is 19.1. The summed E-state index contributed by atoms with van der Waals surface area (Å²) in [4.78, 5) is 29.2. The first kappa shape index (κ1) is 39.2. The van der Waals surface area contributed by atoms with Crippen molar-refractivity contribution in [3.8, 4) is 12.1 Å². The minimum atomic E-state index is -0.526. The van der Waals surface area contributed by atoms with E-state index < -0.39 is 22.8 Å². The molecular formula is C34H45BrF2N6O4.